The molecule has 0 bridgehead atoms. The molecule has 0 amide bonds. The van der Waals surface area contributed by atoms with E-state index in [9.17, 15) is 0 Å². The normalized spacial score (nSPS) is 18.0. The predicted molar refractivity (Wildman–Crippen MR) is 97.6 cm³/mol. The van der Waals surface area contributed by atoms with Crippen molar-refractivity contribution in [3.8, 4) is 0 Å². The number of aromatic nitrogens is 4. The molecule has 1 atom stereocenters. The molecule has 2 aromatic heterocycles. The minimum Gasteiger partial charge on any atom is -0.334 e. The first-order chi connectivity index (χ1) is 11.4. The van der Waals surface area contributed by atoms with Crippen LogP contribution in [0.4, 0.5) is 5.95 Å². The Labute approximate surface area is 149 Å². The van der Waals surface area contributed by atoms with Gasteiger partial charge in [0.05, 0.1) is 11.7 Å². The lowest BCUT2D eigenvalue weighted by atomic mass is 10.1. The van der Waals surface area contributed by atoms with Gasteiger partial charge < -0.3 is 4.90 Å². The molecule has 0 saturated carbocycles. The Bertz CT molecular complexity index is 737. The topological polar surface area (TPSA) is 46.8 Å². The maximum Gasteiger partial charge on any atom is 0.226 e. The molecule has 1 fully saturated rings. The average molecular weight is 348 g/mol. The minimum absolute atomic E-state index is 0.209. The van der Waals surface area contributed by atoms with E-state index in [0.29, 0.717) is 5.92 Å². The number of aryl methyl sites for hydroxylation is 3. The van der Waals surface area contributed by atoms with Crippen LogP contribution in [0.15, 0.2) is 6.20 Å². The smallest absolute Gasteiger partial charge is 0.226 e. The van der Waals surface area contributed by atoms with Crippen molar-refractivity contribution in [2.45, 2.75) is 60.0 Å². The van der Waals surface area contributed by atoms with Gasteiger partial charge in [-0.1, -0.05) is 25.4 Å². The Hall–Kier alpha value is -1.62. The highest BCUT2D eigenvalue weighted by molar-refractivity contribution is 6.30. The Morgan fingerprint density at radius 3 is 2.67 bits per heavy atom. The van der Waals surface area contributed by atoms with Gasteiger partial charge in [0, 0.05) is 30.5 Å². The van der Waals surface area contributed by atoms with Crippen molar-refractivity contribution in [3.63, 3.8) is 0 Å². The molecule has 1 aliphatic heterocycles. The molecule has 0 N–H and O–H groups in total. The maximum atomic E-state index is 6.70. The van der Waals surface area contributed by atoms with Gasteiger partial charge in [-0.15, -0.1) is 0 Å². The van der Waals surface area contributed by atoms with Gasteiger partial charge in [-0.3, -0.25) is 4.68 Å². The fourth-order valence-corrected chi connectivity index (χ4v) is 3.74. The second-order valence-electron chi connectivity index (χ2n) is 7.16. The first-order valence-electron chi connectivity index (χ1n) is 8.68. The van der Waals surface area contributed by atoms with Crippen molar-refractivity contribution < 1.29 is 0 Å². The number of rotatable bonds is 4. The van der Waals surface area contributed by atoms with E-state index in [2.05, 4.69) is 40.7 Å². The van der Waals surface area contributed by atoms with Crippen LogP contribution in [0.5, 0.6) is 0 Å². The van der Waals surface area contributed by atoms with E-state index in [4.69, 9.17) is 11.6 Å². The summed E-state index contributed by atoms with van der Waals surface area (Å²) < 4.78 is 1.94. The molecule has 1 saturated heterocycles. The summed E-state index contributed by atoms with van der Waals surface area (Å²) in [5.41, 5.74) is 4.30. The van der Waals surface area contributed by atoms with Crippen LogP contribution in [0.25, 0.3) is 0 Å². The van der Waals surface area contributed by atoms with Gasteiger partial charge in [0.15, 0.2) is 0 Å². The summed E-state index contributed by atoms with van der Waals surface area (Å²) >= 11 is 6.70. The van der Waals surface area contributed by atoms with E-state index >= 15 is 0 Å². The van der Waals surface area contributed by atoms with Crippen LogP contribution < -0.4 is 4.90 Å². The average Bonchev–Trinajstić information content (AvgIpc) is 3.07. The van der Waals surface area contributed by atoms with Gasteiger partial charge in [0.2, 0.25) is 5.95 Å². The quantitative estimate of drug-likeness (QED) is 0.829. The second kappa shape index (κ2) is 6.71. The first-order valence-corrected chi connectivity index (χ1v) is 9.06. The second-order valence-corrected chi connectivity index (χ2v) is 7.51. The highest BCUT2D eigenvalue weighted by Gasteiger charge is 2.33. The van der Waals surface area contributed by atoms with E-state index in [0.717, 1.165) is 59.5 Å². The maximum absolute atomic E-state index is 6.70. The largest absolute Gasteiger partial charge is 0.334 e. The summed E-state index contributed by atoms with van der Waals surface area (Å²) in [6.45, 7) is 12.3. The fourth-order valence-electron chi connectivity index (χ4n) is 3.37. The van der Waals surface area contributed by atoms with Crippen LogP contribution in [0, 0.1) is 26.7 Å². The van der Waals surface area contributed by atoms with Crippen molar-refractivity contribution in [1.82, 2.24) is 19.7 Å². The molecule has 130 valence electrons. The number of hydrogen-bond acceptors (Lipinski definition) is 4. The molecule has 0 radical (unpaired) electrons. The monoisotopic (exact) mass is 347 g/mol. The van der Waals surface area contributed by atoms with Crippen molar-refractivity contribution >= 4 is 17.5 Å². The van der Waals surface area contributed by atoms with Gasteiger partial charge >= 0.3 is 0 Å². The van der Waals surface area contributed by atoms with Crippen LogP contribution in [-0.2, 0) is 6.54 Å². The van der Waals surface area contributed by atoms with Gasteiger partial charge in [0.1, 0.15) is 5.15 Å². The third kappa shape index (κ3) is 3.14. The Morgan fingerprint density at radius 2 is 2.00 bits per heavy atom. The molecule has 5 nitrogen and oxygen atoms in total. The van der Waals surface area contributed by atoms with Crippen LogP contribution in [0.3, 0.4) is 0 Å². The van der Waals surface area contributed by atoms with Crippen molar-refractivity contribution in [1.29, 1.82) is 0 Å². The third-order valence-corrected chi connectivity index (χ3v) is 5.10. The van der Waals surface area contributed by atoms with Crippen molar-refractivity contribution in [2.75, 3.05) is 11.4 Å². The van der Waals surface area contributed by atoms with Crippen LogP contribution >= 0.6 is 11.6 Å². The molecular weight excluding hydrogens is 322 g/mol. The molecule has 3 rings (SSSR count). The molecule has 24 heavy (non-hydrogen) atoms. The number of halogens is 1. The molecule has 0 spiro atoms. The summed E-state index contributed by atoms with van der Waals surface area (Å²) in [5.74, 6) is 1.31. The molecular formula is C18H26ClN5. The Kier molecular flexibility index (Phi) is 4.81. The Balaban J connectivity index is 1.96. The van der Waals surface area contributed by atoms with Gasteiger partial charge in [0.25, 0.3) is 0 Å². The van der Waals surface area contributed by atoms with Gasteiger partial charge in [-0.25, -0.2) is 9.97 Å². The highest BCUT2D eigenvalue weighted by Crippen LogP contribution is 2.39. The summed E-state index contributed by atoms with van der Waals surface area (Å²) in [6.07, 6.45) is 4.08. The molecule has 1 unspecified atom stereocenters. The SMILES string of the molecule is Cc1cnc(N2CCCC2c2c(C)nn(CC(C)C)c2Cl)nc1C. The third-order valence-electron chi connectivity index (χ3n) is 4.70. The van der Waals surface area contributed by atoms with Crippen molar-refractivity contribution in [3.05, 3.63) is 33.9 Å². The summed E-state index contributed by atoms with van der Waals surface area (Å²) in [4.78, 5) is 11.5. The lowest BCUT2D eigenvalue weighted by Gasteiger charge is -2.25. The van der Waals surface area contributed by atoms with Gasteiger partial charge in [-0.2, -0.15) is 5.10 Å². The zero-order chi connectivity index (χ0) is 17.4. The molecule has 3 heterocycles. The summed E-state index contributed by atoms with van der Waals surface area (Å²) in [5, 5.41) is 5.44. The van der Waals surface area contributed by atoms with Crippen LogP contribution in [0.2, 0.25) is 5.15 Å². The zero-order valence-corrected chi connectivity index (χ0v) is 15.9. The number of anilines is 1. The Morgan fingerprint density at radius 1 is 1.25 bits per heavy atom. The molecule has 6 heteroatoms. The van der Waals surface area contributed by atoms with Crippen LogP contribution in [-0.4, -0.2) is 26.3 Å². The van der Waals surface area contributed by atoms with Crippen molar-refractivity contribution in [2.24, 2.45) is 5.92 Å². The van der Waals surface area contributed by atoms with E-state index < -0.39 is 0 Å². The minimum atomic E-state index is 0.209. The van der Waals surface area contributed by atoms with E-state index in [1.807, 2.05) is 24.7 Å². The first kappa shape index (κ1) is 17.2. The number of nitrogens with zero attached hydrogens (tertiary/aromatic N) is 5. The van der Waals surface area contributed by atoms with Gasteiger partial charge in [-0.05, 0) is 45.1 Å². The number of hydrogen-bond donors (Lipinski definition) is 0. The summed E-state index contributed by atoms with van der Waals surface area (Å²) in [7, 11) is 0. The summed E-state index contributed by atoms with van der Waals surface area (Å²) in [6, 6.07) is 0.209. The van der Waals surface area contributed by atoms with E-state index in [-0.39, 0.29) is 6.04 Å². The molecule has 0 aromatic carbocycles. The predicted octanol–water partition coefficient (Wildman–Crippen LogP) is 4.25. The lowest BCUT2D eigenvalue weighted by Crippen LogP contribution is -2.25. The lowest BCUT2D eigenvalue weighted by molar-refractivity contribution is 0.481. The molecule has 0 aliphatic carbocycles. The van der Waals surface area contributed by atoms with E-state index in [1.165, 1.54) is 0 Å². The van der Waals surface area contributed by atoms with E-state index in [1.54, 1.807) is 0 Å². The zero-order valence-electron chi connectivity index (χ0n) is 15.2. The molecule has 2 aromatic rings. The highest BCUT2D eigenvalue weighted by atomic mass is 35.5. The standard InChI is InChI=1S/C18H26ClN5/c1-11(2)10-24-17(19)16(14(5)22-24)15-7-6-8-23(15)18-20-9-12(3)13(4)21-18/h9,11,15H,6-8,10H2,1-5H3. The molecule has 1 aliphatic rings. The fraction of sp³-hybridized carbons (Fsp3) is 0.611. The van der Waals surface area contributed by atoms with Crippen LogP contribution in [0.1, 0.15) is 55.2 Å².